The largest absolute Gasteiger partial charge is 0.350 e. The summed E-state index contributed by atoms with van der Waals surface area (Å²) in [6, 6.07) is 4.24. The van der Waals surface area contributed by atoms with Crippen LogP contribution in [0.15, 0.2) is 18.3 Å². The van der Waals surface area contributed by atoms with Gasteiger partial charge in [0, 0.05) is 37.9 Å². The molecule has 2 nitrogen and oxygen atoms in total. The van der Waals surface area contributed by atoms with Crippen molar-refractivity contribution in [3.63, 3.8) is 0 Å². The second-order valence-electron chi connectivity index (χ2n) is 3.32. The molecular weight excluding hydrogens is 172 g/mol. The molecule has 0 saturated carbocycles. The van der Waals surface area contributed by atoms with E-state index >= 15 is 0 Å². The lowest BCUT2D eigenvalue weighted by molar-refractivity contribution is 0.606. The van der Waals surface area contributed by atoms with Crippen LogP contribution in [-0.4, -0.2) is 11.1 Å². The first kappa shape index (κ1) is 10.9. The summed E-state index contributed by atoms with van der Waals surface area (Å²) in [6.07, 6.45) is 9.27. The molecule has 0 atom stereocenters. The molecule has 0 fully saturated rings. The van der Waals surface area contributed by atoms with E-state index in [1.165, 1.54) is 12.1 Å². The summed E-state index contributed by atoms with van der Waals surface area (Å²) in [4.78, 5) is 0. The molecule has 0 amide bonds. The van der Waals surface area contributed by atoms with Gasteiger partial charge >= 0.3 is 0 Å². The molecule has 1 rings (SSSR count). The summed E-state index contributed by atoms with van der Waals surface area (Å²) >= 11 is 0. The molecule has 0 saturated heterocycles. The van der Waals surface area contributed by atoms with Crippen molar-refractivity contribution < 1.29 is 0 Å². The standard InChI is InChI=1S/C12H18N2/c1-3-5-8-13-11-12-7-6-10-14(12)9-4-2/h1,6-7,10,13H,4-5,8-9,11H2,2H3. The van der Waals surface area contributed by atoms with Crippen LogP contribution >= 0.6 is 0 Å². The number of rotatable bonds is 6. The molecule has 0 bridgehead atoms. The van der Waals surface area contributed by atoms with E-state index in [1.54, 1.807) is 0 Å². The lowest BCUT2D eigenvalue weighted by atomic mass is 10.3. The molecule has 0 aliphatic rings. The molecule has 0 aliphatic carbocycles. The van der Waals surface area contributed by atoms with E-state index in [0.29, 0.717) is 0 Å². The maximum absolute atomic E-state index is 5.17. The highest BCUT2D eigenvalue weighted by molar-refractivity contribution is 5.06. The maximum atomic E-state index is 5.17. The Morgan fingerprint density at radius 1 is 1.57 bits per heavy atom. The van der Waals surface area contributed by atoms with Gasteiger partial charge in [0.05, 0.1) is 0 Å². The molecule has 1 N–H and O–H groups in total. The van der Waals surface area contributed by atoms with E-state index < -0.39 is 0 Å². The Labute approximate surface area is 86.3 Å². The normalized spacial score (nSPS) is 10.0. The molecule has 2 heteroatoms. The predicted molar refractivity (Wildman–Crippen MR) is 59.9 cm³/mol. The molecule has 76 valence electrons. The third kappa shape index (κ3) is 3.27. The van der Waals surface area contributed by atoms with Crippen LogP contribution in [0.25, 0.3) is 0 Å². The van der Waals surface area contributed by atoms with Crippen molar-refractivity contribution in [1.29, 1.82) is 0 Å². The zero-order valence-electron chi connectivity index (χ0n) is 8.79. The van der Waals surface area contributed by atoms with Gasteiger partial charge < -0.3 is 9.88 Å². The molecule has 1 heterocycles. The summed E-state index contributed by atoms with van der Waals surface area (Å²) in [5, 5.41) is 3.32. The average Bonchev–Trinajstić information content (AvgIpc) is 2.61. The van der Waals surface area contributed by atoms with Crippen LogP contribution in [0.1, 0.15) is 25.5 Å². The fourth-order valence-electron chi connectivity index (χ4n) is 1.45. The van der Waals surface area contributed by atoms with Crippen molar-refractivity contribution in [3.05, 3.63) is 24.0 Å². The number of aromatic nitrogens is 1. The van der Waals surface area contributed by atoms with Crippen molar-refractivity contribution in [1.82, 2.24) is 9.88 Å². The van der Waals surface area contributed by atoms with Gasteiger partial charge in [-0.3, -0.25) is 0 Å². The maximum Gasteiger partial charge on any atom is 0.0359 e. The van der Waals surface area contributed by atoms with Crippen molar-refractivity contribution in [2.75, 3.05) is 6.54 Å². The van der Waals surface area contributed by atoms with Crippen molar-refractivity contribution >= 4 is 0 Å². The molecule has 0 radical (unpaired) electrons. The Bertz CT molecular complexity index is 294. The van der Waals surface area contributed by atoms with E-state index in [0.717, 1.165) is 26.1 Å². The first-order valence-electron chi connectivity index (χ1n) is 5.16. The third-order valence-corrected chi connectivity index (χ3v) is 2.14. The summed E-state index contributed by atoms with van der Waals surface area (Å²) in [5.74, 6) is 2.62. The molecule has 0 aliphatic heterocycles. The minimum absolute atomic E-state index is 0.800. The van der Waals surface area contributed by atoms with Gasteiger partial charge in [-0.1, -0.05) is 6.92 Å². The molecule has 14 heavy (non-hydrogen) atoms. The minimum atomic E-state index is 0.800. The van der Waals surface area contributed by atoms with Crippen LogP contribution in [0.5, 0.6) is 0 Å². The van der Waals surface area contributed by atoms with Crippen LogP contribution in [0.2, 0.25) is 0 Å². The van der Waals surface area contributed by atoms with Gasteiger partial charge in [-0.15, -0.1) is 12.3 Å². The first-order valence-corrected chi connectivity index (χ1v) is 5.16. The predicted octanol–water partition coefficient (Wildman–Crippen LogP) is 2.01. The zero-order valence-corrected chi connectivity index (χ0v) is 8.79. The summed E-state index contributed by atoms with van der Waals surface area (Å²) in [6.45, 7) is 5.09. The number of nitrogens with one attached hydrogen (secondary N) is 1. The Morgan fingerprint density at radius 3 is 3.14 bits per heavy atom. The van der Waals surface area contributed by atoms with E-state index in [-0.39, 0.29) is 0 Å². The smallest absolute Gasteiger partial charge is 0.0359 e. The molecule has 1 aromatic rings. The van der Waals surface area contributed by atoms with Crippen molar-refractivity contribution in [2.24, 2.45) is 0 Å². The number of hydrogen-bond donors (Lipinski definition) is 1. The minimum Gasteiger partial charge on any atom is -0.350 e. The van der Waals surface area contributed by atoms with Gasteiger partial charge in [0.2, 0.25) is 0 Å². The first-order chi connectivity index (χ1) is 6.88. The average molecular weight is 190 g/mol. The van der Waals surface area contributed by atoms with Crippen molar-refractivity contribution in [2.45, 2.75) is 32.9 Å². The Morgan fingerprint density at radius 2 is 2.43 bits per heavy atom. The monoisotopic (exact) mass is 190 g/mol. The lowest BCUT2D eigenvalue weighted by Crippen LogP contribution is -2.16. The molecule has 0 unspecified atom stereocenters. The van der Waals surface area contributed by atoms with E-state index in [2.05, 4.69) is 41.1 Å². The van der Waals surface area contributed by atoms with Crippen LogP contribution < -0.4 is 5.32 Å². The second-order valence-corrected chi connectivity index (χ2v) is 3.32. The van der Waals surface area contributed by atoms with E-state index in [9.17, 15) is 0 Å². The quantitative estimate of drug-likeness (QED) is 0.536. The summed E-state index contributed by atoms with van der Waals surface area (Å²) in [7, 11) is 0. The van der Waals surface area contributed by atoms with Crippen LogP contribution in [0.4, 0.5) is 0 Å². The molecule has 0 aromatic carbocycles. The number of aryl methyl sites for hydroxylation is 1. The highest BCUT2D eigenvalue weighted by atomic mass is 15.0. The van der Waals surface area contributed by atoms with E-state index in [1.807, 2.05) is 0 Å². The highest BCUT2D eigenvalue weighted by Gasteiger charge is 1.98. The van der Waals surface area contributed by atoms with Crippen molar-refractivity contribution in [3.8, 4) is 12.3 Å². The number of hydrogen-bond acceptors (Lipinski definition) is 1. The van der Waals surface area contributed by atoms with Gasteiger partial charge in [0.15, 0.2) is 0 Å². The Balaban J connectivity index is 2.34. The van der Waals surface area contributed by atoms with Gasteiger partial charge in [0.1, 0.15) is 0 Å². The van der Waals surface area contributed by atoms with Gasteiger partial charge in [-0.2, -0.15) is 0 Å². The fourth-order valence-corrected chi connectivity index (χ4v) is 1.45. The SMILES string of the molecule is C#CCCNCc1cccn1CCC. The zero-order chi connectivity index (χ0) is 10.2. The second kappa shape index (κ2) is 6.28. The highest BCUT2D eigenvalue weighted by Crippen LogP contribution is 2.02. The van der Waals surface area contributed by atoms with Crippen LogP contribution in [0.3, 0.4) is 0 Å². The molecular formula is C12H18N2. The Hall–Kier alpha value is -1.20. The van der Waals surface area contributed by atoms with Gasteiger partial charge in [-0.05, 0) is 18.6 Å². The van der Waals surface area contributed by atoms with Crippen LogP contribution in [0, 0.1) is 12.3 Å². The van der Waals surface area contributed by atoms with Crippen LogP contribution in [-0.2, 0) is 13.1 Å². The number of nitrogens with zero attached hydrogens (tertiary/aromatic N) is 1. The topological polar surface area (TPSA) is 17.0 Å². The molecule has 0 spiro atoms. The Kier molecular flexibility index (Phi) is 4.88. The third-order valence-electron chi connectivity index (χ3n) is 2.14. The lowest BCUT2D eigenvalue weighted by Gasteiger charge is -2.08. The fraction of sp³-hybridized carbons (Fsp3) is 0.500. The molecule has 1 aromatic heterocycles. The number of terminal acetylenes is 1. The van der Waals surface area contributed by atoms with Gasteiger partial charge in [-0.25, -0.2) is 0 Å². The van der Waals surface area contributed by atoms with E-state index in [4.69, 9.17) is 6.42 Å². The summed E-state index contributed by atoms with van der Waals surface area (Å²) < 4.78 is 2.28. The summed E-state index contributed by atoms with van der Waals surface area (Å²) in [5.41, 5.74) is 1.34. The van der Waals surface area contributed by atoms with Gasteiger partial charge in [0.25, 0.3) is 0 Å².